The van der Waals surface area contributed by atoms with Crippen molar-refractivity contribution >= 4 is 11.9 Å². The summed E-state index contributed by atoms with van der Waals surface area (Å²) in [5.74, 6) is -1.66. The third-order valence-electron chi connectivity index (χ3n) is 2.75. The van der Waals surface area contributed by atoms with Crippen LogP contribution in [0.25, 0.3) is 0 Å². The van der Waals surface area contributed by atoms with Crippen LogP contribution < -0.4 is 11.5 Å². The number of hydrogen-bond donors (Lipinski definition) is 4. The molecule has 0 rings (SSSR count). The van der Waals surface area contributed by atoms with E-state index >= 15 is 0 Å². The summed E-state index contributed by atoms with van der Waals surface area (Å²) in [6.07, 6.45) is 2.85. The van der Waals surface area contributed by atoms with Gasteiger partial charge in [0.2, 0.25) is 0 Å². The predicted octanol–water partition coefficient (Wildman–Crippen LogP) is 1.03. The molecule has 0 aliphatic heterocycles. The van der Waals surface area contributed by atoms with Gasteiger partial charge in [-0.15, -0.1) is 0 Å². The van der Waals surface area contributed by atoms with Gasteiger partial charge in [-0.3, -0.25) is 9.59 Å². The summed E-state index contributed by atoms with van der Waals surface area (Å²) in [4.78, 5) is 20.4. The van der Waals surface area contributed by atoms with Crippen molar-refractivity contribution in [3.05, 3.63) is 0 Å². The van der Waals surface area contributed by atoms with E-state index in [1.54, 1.807) is 13.8 Å². The molecular weight excluding hydrogens is 236 g/mol. The van der Waals surface area contributed by atoms with Gasteiger partial charge < -0.3 is 21.7 Å². The first kappa shape index (κ1) is 19.2. The van der Waals surface area contributed by atoms with Crippen molar-refractivity contribution < 1.29 is 19.8 Å². The maximum Gasteiger partial charge on any atom is 0.320 e. The highest BCUT2D eigenvalue weighted by Gasteiger charge is 2.23. The zero-order chi connectivity index (χ0) is 14.8. The second-order valence-electron chi connectivity index (χ2n) is 4.77. The van der Waals surface area contributed by atoms with Crippen LogP contribution in [0.2, 0.25) is 0 Å². The van der Waals surface area contributed by atoms with E-state index in [-0.39, 0.29) is 0 Å². The van der Waals surface area contributed by atoms with Gasteiger partial charge in [0.05, 0.1) is 5.41 Å². The van der Waals surface area contributed by atoms with Crippen LogP contribution in [0.1, 0.15) is 46.5 Å². The monoisotopic (exact) mass is 262 g/mol. The fourth-order valence-electron chi connectivity index (χ4n) is 0.783. The molecule has 0 aromatic rings. The molecule has 0 amide bonds. The van der Waals surface area contributed by atoms with Gasteiger partial charge in [-0.25, -0.2) is 0 Å². The van der Waals surface area contributed by atoms with E-state index < -0.39 is 23.4 Å². The van der Waals surface area contributed by atoms with Gasteiger partial charge in [0, 0.05) is 0 Å². The van der Waals surface area contributed by atoms with Crippen LogP contribution in [0.15, 0.2) is 0 Å². The summed E-state index contributed by atoms with van der Waals surface area (Å²) in [6.45, 7) is 5.91. The number of unbranched alkanes of at least 4 members (excludes halogenated alkanes) is 1. The summed E-state index contributed by atoms with van der Waals surface area (Å²) in [5.41, 5.74) is 9.88. The molecule has 0 fully saturated rings. The quantitative estimate of drug-likeness (QED) is 0.508. The van der Waals surface area contributed by atoms with Crippen molar-refractivity contribution in [1.82, 2.24) is 0 Å². The lowest BCUT2D eigenvalue weighted by Gasteiger charge is -2.14. The Bertz CT molecular complexity index is 254. The molecule has 0 aromatic carbocycles. The summed E-state index contributed by atoms with van der Waals surface area (Å²) in [6, 6.07) is -0.716. The molecule has 0 aromatic heterocycles. The Kier molecular flexibility index (Phi) is 10.5. The average molecular weight is 262 g/mol. The number of carbonyl (C=O) groups is 2. The highest BCUT2D eigenvalue weighted by molar-refractivity contribution is 5.73. The van der Waals surface area contributed by atoms with Gasteiger partial charge in [-0.1, -0.05) is 13.3 Å². The summed E-state index contributed by atoms with van der Waals surface area (Å²) in [5, 5.41) is 16.8. The van der Waals surface area contributed by atoms with Crippen LogP contribution in [-0.2, 0) is 9.59 Å². The minimum atomic E-state index is -0.933. The highest BCUT2D eigenvalue weighted by Crippen LogP contribution is 2.18. The van der Waals surface area contributed by atoms with Crippen LogP contribution in [-0.4, -0.2) is 34.7 Å². The molecule has 1 atom stereocenters. The zero-order valence-electron chi connectivity index (χ0n) is 11.5. The van der Waals surface area contributed by atoms with Crippen molar-refractivity contribution in [1.29, 1.82) is 0 Å². The second-order valence-corrected chi connectivity index (χ2v) is 4.77. The summed E-state index contributed by atoms with van der Waals surface area (Å²) in [7, 11) is 0. The molecule has 0 saturated carbocycles. The molecule has 18 heavy (non-hydrogen) atoms. The Labute approximate surface area is 108 Å². The van der Waals surface area contributed by atoms with Crippen LogP contribution in [0.3, 0.4) is 0 Å². The molecule has 6 heteroatoms. The summed E-state index contributed by atoms with van der Waals surface area (Å²) < 4.78 is 0. The number of carboxylic acid groups (broad SMARTS) is 2. The molecule has 6 N–H and O–H groups in total. The van der Waals surface area contributed by atoms with E-state index in [4.69, 9.17) is 21.7 Å². The number of hydrogen-bond acceptors (Lipinski definition) is 4. The van der Waals surface area contributed by atoms with Gasteiger partial charge in [-0.05, 0) is 39.7 Å². The third kappa shape index (κ3) is 10.0. The maximum atomic E-state index is 10.3. The van der Waals surface area contributed by atoms with E-state index in [2.05, 4.69) is 0 Å². The van der Waals surface area contributed by atoms with Crippen LogP contribution >= 0.6 is 0 Å². The van der Waals surface area contributed by atoms with Crippen molar-refractivity contribution in [3.8, 4) is 0 Å². The number of rotatable bonds is 7. The largest absolute Gasteiger partial charge is 0.481 e. The van der Waals surface area contributed by atoms with E-state index in [0.29, 0.717) is 19.4 Å². The predicted molar refractivity (Wildman–Crippen MR) is 70.2 cm³/mol. The van der Waals surface area contributed by atoms with Crippen molar-refractivity contribution in [2.45, 2.75) is 52.5 Å². The van der Waals surface area contributed by atoms with Crippen LogP contribution in [0, 0.1) is 5.41 Å². The lowest BCUT2D eigenvalue weighted by molar-refractivity contribution is -0.147. The summed E-state index contributed by atoms with van der Waals surface area (Å²) >= 11 is 0. The third-order valence-corrected chi connectivity index (χ3v) is 2.75. The number of nitrogens with two attached hydrogens (primary N) is 2. The maximum absolute atomic E-state index is 10.3. The van der Waals surface area contributed by atoms with Crippen molar-refractivity contribution in [3.63, 3.8) is 0 Å². The molecule has 0 spiro atoms. The first-order valence-corrected chi connectivity index (χ1v) is 6.10. The fraction of sp³-hybridized carbons (Fsp3) is 0.833. The Balaban J connectivity index is 0. The first-order valence-electron chi connectivity index (χ1n) is 6.10. The smallest absolute Gasteiger partial charge is 0.320 e. The van der Waals surface area contributed by atoms with Gasteiger partial charge >= 0.3 is 11.9 Å². The van der Waals surface area contributed by atoms with E-state index in [0.717, 1.165) is 12.8 Å². The molecule has 0 aliphatic carbocycles. The normalized spacial score (nSPS) is 12.3. The number of aliphatic carboxylic acids is 2. The molecule has 0 heterocycles. The SMILES string of the molecule is CCC(C)(C)C(=O)O.NCCCC[C@H](N)C(=O)O. The van der Waals surface area contributed by atoms with E-state index in [1.165, 1.54) is 0 Å². The first-order chi connectivity index (χ1) is 8.18. The molecule has 0 aliphatic rings. The van der Waals surface area contributed by atoms with E-state index in [9.17, 15) is 9.59 Å². The lowest BCUT2D eigenvalue weighted by Crippen LogP contribution is -2.29. The lowest BCUT2D eigenvalue weighted by atomic mass is 9.91. The van der Waals surface area contributed by atoms with Crippen molar-refractivity contribution in [2.24, 2.45) is 16.9 Å². The second kappa shape index (κ2) is 9.85. The minimum absolute atomic E-state index is 0.520. The van der Waals surface area contributed by atoms with Gasteiger partial charge in [-0.2, -0.15) is 0 Å². The van der Waals surface area contributed by atoms with Crippen molar-refractivity contribution in [2.75, 3.05) is 6.54 Å². The average Bonchev–Trinajstić information content (AvgIpc) is 2.29. The number of carboxylic acids is 2. The molecule has 0 unspecified atom stereocenters. The van der Waals surface area contributed by atoms with Crippen LogP contribution in [0.4, 0.5) is 0 Å². The molecule has 108 valence electrons. The topological polar surface area (TPSA) is 127 Å². The Morgan fingerprint density at radius 2 is 1.72 bits per heavy atom. The van der Waals surface area contributed by atoms with E-state index in [1.807, 2.05) is 6.92 Å². The fourth-order valence-corrected chi connectivity index (χ4v) is 0.783. The molecule has 6 nitrogen and oxygen atoms in total. The Hall–Kier alpha value is -1.14. The molecule has 0 radical (unpaired) electrons. The molecule has 0 saturated heterocycles. The zero-order valence-corrected chi connectivity index (χ0v) is 11.5. The standard InChI is InChI=1S/C6H14N2O2.C6H12O2/c7-4-2-1-3-5(8)6(9)10;1-4-6(2,3)5(7)8/h5H,1-4,7-8H2,(H,9,10);4H2,1-3H3,(H,7,8)/t5-;/m0./s1. The van der Waals surface area contributed by atoms with Gasteiger partial charge in [0.25, 0.3) is 0 Å². The Morgan fingerprint density at radius 3 is 1.94 bits per heavy atom. The Morgan fingerprint density at radius 1 is 1.22 bits per heavy atom. The molecular formula is C12H26N2O4. The highest BCUT2D eigenvalue weighted by atomic mass is 16.4. The van der Waals surface area contributed by atoms with Gasteiger partial charge in [0.1, 0.15) is 6.04 Å². The van der Waals surface area contributed by atoms with Crippen LogP contribution in [0.5, 0.6) is 0 Å². The minimum Gasteiger partial charge on any atom is -0.481 e. The molecule has 0 bridgehead atoms. The van der Waals surface area contributed by atoms with Gasteiger partial charge in [0.15, 0.2) is 0 Å².